The van der Waals surface area contributed by atoms with Gasteiger partial charge in [0, 0.05) is 34.3 Å². The second kappa shape index (κ2) is 14.0. The number of Topliss-reactive ketones (excluding diaryl/α,β-unsaturated/α-hetero) is 1. The lowest BCUT2D eigenvalue weighted by Gasteiger charge is -2.62. The molecular weight excluding hydrogens is 695 g/mol. The van der Waals surface area contributed by atoms with Gasteiger partial charge in [-0.3, -0.25) is 34.1 Å². The molecule has 3 amide bonds. The topological polar surface area (TPSA) is 185 Å². The first kappa shape index (κ1) is 40.2. The number of allylic oxidation sites excluding steroid dienone is 4. The number of alkyl halides is 1. The number of thioether (sulfide) groups is 1. The van der Waals surface area contributed by atoms with E-state index in [0.717, 1.165) is 0 Å². The number of amides is 3. The number of rotatable bonds is 13. The minimum Gasteiger partial charge on any atom is -0.456 e. The van der Waals surface area contributed by atoms with Crippen molar-refractivity contribution in [2.75, 3.05) is 19.8 Å². The van der Waals surface area contributed by atoms with Crippen LogP contribution in [0.1, 0.15) is 93.4 Å². The number of fused-ring (bicyclic) bond motifs is 5. The van der Waals surface area contributed by atoms with Gasteiger partial charge in [0.2, 0.25) is 23.5 Å². The molecule has 0 bridgehead atoms. The molecule has 1 saturated heterocycles. The number of esters is 1. The van der Waals surface area contributed by atoms with Gasteiger partial charge in [-0.1, -0.05) is 25.5 Å². The maximum absolute atomic E-state index is 17.4. The quantitative estimate of drug-likeness (QED) is 0.160. The fraction of sp³-hybridized carbons (Fsp3) is 0.737. The lowest BCUT2D eigenvalue weighted by Crippen LogP contribution is -2.69. The highest BCUT2D eigenvalue weighted by molar-refractivity contribution is 8.02. The molecule has 4 N–H and O–H groups in total. The minimum absolute atomic E-state index is 0.0330. The summed E-state index contributed by atoms with van der Waals surface area (Å²) in [4.78, 5) is 74.5. The van der Waals surface area contributed by atoms with Gasteiger partial charge in [-0.05, 0) is 90.7 Å². The Morgan fingerprint density at radius 3 is 2.48 bits per heavy atom. The SMILES string of the molecule is C[C@H]1C[C@H]2[C@@H]3CCC4=CC(=O)C=C[C@]4(C)[C@@]3(F)[C@@H](O)C[C@]2(C)[C@@]1(O)C(=O)COC(=O)CNC(=O)CCC(C)(C)OCC(C)(C)SC1CC(=O)NC1=O. The summed E-state index contributed by atoms with van der Waals surface area (Å²) in [6.45, 7) is 11.6. The van der Waals surface area contributed by atoms with Crippen molar-refractivity contribution in [2.24, 2.45) is 28.6 Å². The van der Waals surface area contributed by atoms with Crippen LogP contribution in [0.25, 0.3) is 0 Å². The van der Waals surface area contributed by atoms with Crippen LogP contribution in [0.5, 0.6) is 0 Å². The van der Waals surface area contributed by atoms with Gasteiger partial charge in [0.1, 0.15) is 12.1 Å². The molecule has 52 heavy (non-hydrogen) atoms. The highest BCUT2D eigenvalue weighted by Gasteiger charge is 2.75. The normalized spacial score (nSPS) is 37.1. The fourth-order valence-corrected chi connectivity index (χ4v) is 10.9. The Bertz CT molecular complexity index is 1590. The summed E-state index contributed by atoms with van der Waals surface area (Å²) in [5.74, 6) is -4.62. The second-order valence-electron chi connectivity index (χ2n) is 17.1. The maximum atomic E-state index is 17.4. The van der Waals surface area contributed by atoms with Gasteiger partial charge in [-0.25, -0.2) is 4.39 Å². The Balaban J connectivity index is 1.11. The largest absolute Gasteiger partial charge is 0.456 e. The summed E-state index contributed by atoms with van der Waals surface area (Å²) in [6.07, 6.45) is 4.25. The number of aliphatic hydroxyl groups excluding tert-OH is 1. The molecule has 1 aliphatic heterocycles. The van der Waals surface area contributed by atoms with E-state index in [1.165, 1.54) is 23.9 Å². The minimum atomic E-state index is -2.11. The van der Waals surface area contributed by atoms with E-state index >= 15 is 4.39 Å². The molecule has 12 nitrogen and oxygen atoms in total. The number of nitrogens with one attached hydrogen (secondary N) is 2. The number of halogens is 1. The predicted octanol–water partition coefficient (Wildman–Crippen LogP) is 3.07. The zero-order valence-corrected chi connectivity index (χ0v) is 32.0. The molecule has 1 unspecified atom stereocenters. The third-order valence-electron chi connectivity index (χ3n) is 12.6. The van der Waals surface area contributed by atoms with Crippen molar-refractivity contribution in [3.05, 3.63) is 23.8 Å². The number of hydrogen-bond donors (Lipinski definition) is 4. The van der Waals surface area contributed by atoms with Crippen LogP contribution in [0.2, 0.25) is 0 Å². The van der Waals surface area contributed by atoms with E-state index in [1.807, 2.05) is 27.7 Å². The molecule has 5 rings (SSSR count). The first-order valence-electron chi connectivity index (χ1n) is 18.1. The van der Waals surface area contributed by atoms with E-state index in [0.29, 0.717) is 31.3 Å². The lowest BCUT2D eigenvalue weighted by molar-refractivity contribution is -0.219. The predicted molar refractivity (Wildman–Crippen MR) is 189 cm³/mol. The van der Waals surface area contributed by atoms with E-state index in [-0.39, 0.29) is 43.5 Å². The number of carbonyl (C=O) groups is 6. The molecule has 9 atom stereocenters. The molecular formula is C38H53FN2O10S. The third-order valence-corrected chi connectivity index (χ3v) is 14.0. The van der Waals surface area contributed by atoms with Crippen molar-refractivity contribution in [2.45, 2.75) is 126 Å². The Hall–Kier alpha value is -2.94. The van der Waals surface area contributed by atoms with Crippen LogP contribution in [-0.2, 0) is 38.2 Å². The first-order valence-corrected chi connectivity index (χ1v) is 19.0. The molecule has 5 aliphatic rings. The van der Waals surface area contributed by atoms with Gasteiger partial charge in [-0.2, -0.15) is 0 Å². The number of aliphatic hydroxyl groups is 2. The average Bonchev–Trinajstić information content (AvgIpc) is 3.48. The number of carbonyl (C=O) groups excluding carboxylic acids is 6. The number of imide groups is 1. The maximum Gasteiger partial charge on any atom is 0.325 e. The average molecular weight is 749 g/mol. The van der Waals surface area contributed by atoms with E-state index < -0.39 is 92.4 Å². The van der Waals surface area contributed by atoms with Crippen LogP contribution in [0, 0.1) is 28.6 Å². The van der Waals surface area contributed by atoms with E-state index in [1.54, 1.807) is 26.8 Å². The van der Waals surface area contributed by atoms with E-state index in [9.17, 15) is 39.0 Å². The summed E-state index contributed by atoms with van der Waals surface area (Å²) in [5.41, 5.74) is -6.59. The van der Waals surface area contributed by atoms with Gasteiger partial charge in [0.05, 0.1) is 23.6 Å². The second-order valence-corrected chi connectivity index (χ2v) is 19.0. The fourth-order valence-electron chi connectivity index (χ4n) is 9.61. The molecule has 0 radical (unpaired) electrons. The van der Waals surface area contributed by atoms with Gasteiger partial charge < -0.3 is 25.0 Å². The smallest absolute Gasteiger partial charge is 0.325 e. The number of ketones is 2. The van der Waals surface area contributed by atoms with Gasteiger partial charge >= 0.3 is 5.97 Å². The summed E-state index contributed by atoms with van der Waals surface area (Å²) in [5, 5.41) is 27.9. The molecule has 3 saturated carbocycles. The van der Waals surface area contributed by atoms with Crippen LogP contribution in [0.15, 0.2) is 23.8 Å². The summed E-state index contributed by atoms with van der Waals surface area (Å²) in [6, 6.07) is 0. The summed E-state index contributed by atoms with van der Waals surface area (Å²) < 4.78 is 28.2. The standard InChI is InChI=1S/C38H53FN2O10S/c1-21-14-25-24-9-8-22-15-23(42)10-13-35(22,6)37(24,39)27(43)17-36(25,7)38(21,49)28(44)19-50-31(47)18-40-29(45)11-12-33(2,3)51-20-34(4,5)52-26-16-30(46)41-32(26)48/h10,13,15,21,24-27,43,49H,8-9,11-12,14,16-20H2,1-7H3,(H,40,45)(H,41,46,48)/t21-,24-,25-,26?,27-,35-,36-,37-,38-/m0/s1. The van der Waals surface area contributed by atoms with Crippen molar-refractivity contribution < 1.29 is 52.8 Å². The molecule has 4 aliphatic carbocycles. The molecule has 0 spiro atoms. The van der Waals surface area contributed by atoms with Crippen molar-refractivity contribution in [1.29, 1.82) is 0 Å². The summed E-state index contributed by atoms with van der Waals surface area (Å²) >= 11 is 1.36. The molecule has 0 aromatic carbocycles. The van der Waals surface area contributed by atoms with Crippen LogP contribution in [0.4, 0.5) is 4.39 Å². The van der Waals surface area contributed by atoms with Gasteiger partial charge in [0.15, 0.2) is 18.1 Å². The third kappa shape index (κ3) is 7.04. The summed E-state index contributed by atoms with van der Waals surface area (Å²) in [7, 11) is 0. The molecule has 14 heteroatoms. The molecule has 4 fully saturated rings. The van der Waals surface area contributed by atoms with Gasteiger partial charge in [0.25, 0.3) is 0 Å². The van der Waals surface area contributed by atoms with Gasteiger partial charge in [-0.15, -0.1) is 11.8 Å². The van der Waals surface area contributed by atoms with Crippen LogP contribution in [0.3, 0.4) is 0 Å². The monoisotopic (exact) mass is 748 g/mol. The van der Waals surface area contributed by atoms with E-state index in [4.69, 9.17) is 9.47 Å². The highest BCUT2D eigenvalue weighted by Crippen LogP contribution is 2.70. The zero-order chi connectivity index (χ0) is 38.7. The van der Waals surface area contributed by atoms with Crippen molar-refractivity contribution in [3.63, 3.8) is 0 Å². The Morgan fingerprint density at radius 1 is 1.13 bits per heavy atom. The van der Waals surface area contributed by atoms with Crippen LogP contribution in [-0.4, -0.2) is 98.2 Å². The number of ether oxygens (including phenoxy) is 2. The highest BCUT2D eigenvalue weighted by atomic mass is 32.2. The zero-order valence-electron chi connectivity index (χ0n) is 31.1. The Kier molecular flexibility index (Phi) is 10.9. The van der Waals surface area contributed by atoms with Crippen molar-refractivity contribution >= 4 is 47.0 Å². The molecule has 0 aromatic rings. The molecule has 1 heterocycles. The van der Waals surface area contributed by atoms with Crippen LogP contribution < -0.4 is 10.6 Å². The Morgan fingerprint density at radius 2 is 1.83 bits per heavy atom. The van der Waals surface area contributed by atoms with E-state index in [2.05, 4.69) is 10.6 Å². The Labute approximate surface area is 308 Å². The van der Waals surface area contributed by atoms with Crippen LogP contribution >= 0.6 is 11.8 Å². The van der Waals surface area contributed by atoms with Crippen molar-refractivity contribution in [3.8, 4) is 0 Å². The lowest BCUT2D eigenvalue weighted by atomic mass is 9.44. The van der Waals surface area contributed by atoms with Crippen molar-refractivity contribution in [1.82, 2.24) is 10.6 Å². The number of hydrogen-bond acceptors (Lipinski definition) is 11. The molecule has 0 aromatic heterocycles. The first-order chi connectivity index (χ1) is 24.0. The molecule has 288 valence electrons.